The molecule has 1 N–H and O–H groups in total. The van der Waals surface area contributed by atoms with Gasteiger partial charge in [0.05, 0.1) is 33.5 Å². The van der Waals surface area contributed by atoms with Gasteiger partial charge < -0.3 is 34.1 Å². The van der Waals surface area contributed by atoms with Gasteiger partial charge in [-0.05, 0) is 0 Å². The third-order valence-electron chi connectivity index (χ3n) is 2.28. The van der Waals surface area contributed by atoms with Crippen LogP contribution in [0.25, 0.3) is 0 Å². The number of aliphatic hydroxyl groups is 1. The zero-order valence-corrected chi connectivity index (χ0v) is 12.5. The molecule has 119 valence electrons. The Morgan fingerprint density at radius 1 is 1.15 bits per heavy atom. The van der Waals surface area contributed by atoms with Crippen LogP contribution in [0.3, 0.4) is 0 Å². The summed E-state index contributed by atoms with van der Waals surface area (Å²) in [6.45, 7) is 0.507. The van der Waals surface area contributed by atoms with Crippen LogP contribution in [0.1, 0.15) is 12.8 Å². The molecule has 0 aliphatic heterocycles. The van der Waals surface area contributed by atoms with Crippen LogP contribution in [0.4, 0.5) is 0 Å². The van der Waals surface area contributed by atoms with Crippen molar-refractivity contribution in [3.8, 4) is 0 Å². The molecular weight excluding hydrogens is 317 g/mol. The normalized spacial score (nSPS) is 13.8. The van der Waals surface area contributed by atoms with Gasteiger partial charge in [0.2, 0.25) is 0 Å². The van der Waals surface area contributed by atoms with E-state index in [1.54, 1.807) is 0 Å². The largest absolute Gasteiger partial charge is 0.550 e. The molecule has 9 heteroatoms. The number of carbonyl (C=O) groups excluding carboxylic acids is 3. The van der Waals surface area contributed by atoms with E-state index in [4.69, 9.17) is 4.74 Å². The molecule has 8 nitrogen and oxygen atoms in total. The molecule has 0 amide bonds. The molecule has 0 fully saturated rings. The summed E-state index contributed by atoms with van der Waals surface area (Å²) in [4.78, 5) is 32.3. The quantitative estimate of drug-likeness (QED) is 0.356. The summed E-state index contributed by atoms with van der Waals surface area (Å²) >= 11 is 0. The Morgan fingerprint density at radius 2 is 1.65 bits per heavy atom. The summed E-state index contributed by atoms with van der Waals surface area (Å²) in [5, 5.41) is 30.5. The Labute approximate surface area is 127 Å². The van der Waals surface area contributed by atoms with Crippen LogP contribution in [0.5, 0.6) is 0 Å². The maximum Gasteiger partial charge on any atom is 0.309 e. The zero-order valence-electron chi connectivity index (χ0n) is 11.5. The topological polar surface area (TPSA) is 127 Å². The second kappa shape index (κ2) is 8.20. The van der Waals surface area contributed by atoms with Gasteiger partial charge in [-0.15, -0.1) is 0 Å². The second-order valence-electron chi connectivity index (χ2n) is 5.28. The average Bonchev–Trinajstić information content (AvgIpc) is 2.12. The van der Waals surface area contributed by atoms with E-state index < -0.39 is 36.4 Å². The van der Waals surface area contributed by atoms with Crippen LogP contribution in [0.2, 0.25) is 0 Å². The molecule has 0 aliphatic carbocycles. The molecule has 20 heavy (non-hydrogen) atoms. The summed E-state index contributed by atoms with van der Waals surface area (Å²) in [5.41, 5.74) is -2.81. The fourth-order valence-corrected chi connectivity index (χ4v) is 1.17. The SMILES string of the molecule is C[N+](C)(C)CCOC(=O)CC(O)(CC(=O)[O-])C(=O)[O-].[Co]. The first-order valence-electron chi connectivity index (χ1n) is 5.56. The number of aliphatic carboxylic acids is 2. The minimum absolute atomic E-state index is 0. The summed E-state index contributed by atoms with van der Waals surface area (Å²) in [7, 11) is 5.59. The molecule has 0 rings (SSSR count). The molecule has 0 bridgehead atoms. The molecule has 0 aromatic carbocycles. The first-order valence-corrected chi connectivity index (χ1v) is 5.56. The van der Waals surface area contributed by atoms with Gasteiger partial charge in [0, 0.05) is 29.2 Å². The Hall–Kier alpha value is -1.16. The van der Waals surface area contributed by atoms with Gasteiger partial charge in [-0.3, -0.25) is 4.79 Å². The van der Waals surface area contributed by atoms with Crippen LogP contribution in [0.15, 0.2) is 0 Å². The van der Waals surface area contributed by atoms with Crippen LogP contribution < -0.4 is 10.2 Å². The van der Waals surface area contributed by atoms with E-state index in [9.17, 15) is 29.7 Å². The van der Waals surface area contributed by atoms with E-state index in [0.717, 1.165) is 0 Å². The van der Waals surface area contributed by atoms with Crippen molar-refractivity contribution >= 4 is 17.9 Å². The van der Waals surface area contributed by atoms with E-state index >= 15 is 0 Å². The molecule has 1 radical (unpaired) electrons. The summed E-state index contributed by atoms with van der Waals surface area (Å²) < 4.78 is 5.25. The Kier molecular flexibility index (Phi) is 8.66. The molecule has 0 aliphatic rings. The molecule has 0 aromatic heterocycles. The van der Waals surface area contributed by atoms with Gasteiger partial charge in [0.25, 0.3) is 0 Å². The van der Waals surface area contributed by atoms with Crippen LogP contribution in [-0.2, 0) is 35.9 Å². The molecule has 1 unspecified atom stereocenters. The van der Waals surface area contributed by atoms with Crippen LogP contribution >= 0.6 is 0 Å². The van der Waals surface area contributed by atoms with Gasteiger partial charge in [0.15, 0.2) is 0 Å². The number of nitrogens with zero attached hydrogens (tertiary/aromatic N) is 1. The maximum atomic E-state index is 11.3. The zero-order chi connectivity index (χ0) is 15.3. The number of likely N-dealkylation sites (N-methyl/N-ethyl adjacent to an activating group) is 1. The first kappa shape index (κ1) is 21.1. The molecule has 0 saturated carbocycles. The fraction of sp³-hybridized carbons (Fsp3) is 0.727. The minimum Gasteiger partial charge on any atom is -0.550 e. The van der Waals surface area contributed by atoms with E-state index in [2.05, 4.69) is 0 Å². The van der Waals surface area contributed by atoms with Crippen molar-refractivity contribution in [2.45, 2.75) is 18.4 Å². The number of carbonyl (C=O) groups is 3. The van der Waals surface area contributed by atoms with E-state index in [1.807, 2.05) is 21.1 Å². The number of carboxylic acid groups (broad SMARTS) is 2. The number of quaternary nitrogens is 1. The molecule has 0 aromatic rings. The molecule has 0 heterocycles. The standard InChI is InChI=1S/C11H19NO7.Co/c1-12(2,3)4-5-19-9(15)7-11(18,10(16)17)6-8(13)14;/h18H,4-7H2,1-3H3,(H-,13,14,16,17);/p-1. The summed E-state index contributed by atoms with van der Waals surface area (Å²) in [6.07, 6.45) is -2.24. The number of hydrogen-bond acceptors (Lipinski definition) is 7. The third kappa shape index (κ3) is 8.86. The third-order valence-corrected chi connectivity index (χ3v) is 2.28. The second-order valence-corrected chi connectivity index (χ2v) is 5.28. The van der Waals surface area contributed by atoms with Gasteiger partial charge in [0.1, 0.15) is 18.8 Å². The molecular formula is C11H18CoNO7-. The average molecular weight is 335 g/mol. The maximum absolute atomic E-state index is 11.3. The van der Waals surface area contributed by atoms with Crippen LogP contribution in [0, 0.1) is 0 Å². The summed E-state index contributed by atoms with van der Waals surface area (Å²) in [5.74, 6) is -4.87. The van der Waals surface area contributed by atoms with Gasteiger partial charge in [-0.25, -0.2) is 0 Å². The fourth-order valence-electron chi connectivity index (χ4n) is 1.17. The van der Waals surface area contributed by atoms with Gasteiger partial charge in [-0.2, -0.15) is 0 Å². The van der Waals surface area contributed by atoms with Crippen molar-refractivity contribution in [1.29, 1.82) is 0 Å². The predicted molar refractivity (Wildman–Crippen MR) is 58.1 cm³/mol. The van der Waals surface area contributed by atoms with Crippen molar-refractivity contribution in [3.05, 3.63) is 0 Å². The van der Waals surface area contributed by atoms with E-state index in [1.165, 1.54) is 0 Å². The number of esters is 1. The van der Waals surface area contributed by atoms with Crippen LogP contribution in [-0.4, -0.2) is 67.4 Å². The monoisotopic (exact) mass is 335 g/mol. The molecule has 0 saturated heterocycles. The number of ether oxygens (including phenoxy) is 1. The van der Waals surface area contributed by atoms with Crippen molar-refractivity contribution in [3.63, 3.8) is 0 Å². The number of hydrogen-bond donors (Lipinski definition) is 1. The van der Waals surface area contributed by atoms with E-state index in [-0.39, 0.29) is 23.4 Å². The predicted octanol–water partition coefficient (Wildman–Crippen LogP) is -3.76. The minimum atomic E-state index is -2.81. The Bertz CT molecular complexity index is 366. The summed E-state index contributed by atoms with van der Waals surface area (Å²) in [6, 6.07) is 0. The smallest absolute Gasteiger partial charge is 0.309 e. The first-order chi connectivity index (χ1) is 8.46. The van der Waals surface area contributed by atoms with Crippen molar-refractivity contribution in [2.24, 2.45) is 0 Å². The van der Waals surface area contributed by atoms with Crippen molar-refractivity contribution < 1.29 is 55.7 Å². The Morgan fingerprint density at radius 3 is 2.00 bits per heavy atom. The molecule has 1 atom stereocenters. The van der Waals surface area contributed by atoms with Crippen molar-refractivity contribution in [1.82, 2.24) is 0 Å². The van der Waals surface area contributed by atoms with E-state index in [0.29, 0.717) is 11.0 Å². The van der Waals surface area contributed by atoms with Gasteiger partial charge in [-0.1, -0.05) is 0 Å². The van der Waals surface area contributed by atoms with Crippen molar-refractivity contribution in [2.75, 3.05) is 34.3 Å². The number of rotatable bonds is 8. The molecule has 0 spiro atoms. The van der Waals surface area contributed by atoms with Gasteiger partial charge >= 0.3 is 5.97 Å². The number of carboxylic acids is 2. The Balaban J connectivity index is 0.